The summed E-state index contributed by atoms with van der Waals surface area (Å²) in [5.74, 6) is 0.152. The van der Waals surface area contributed by atoms with Gasteiger partial charge in [-0.15, -0.1) is 0 Å². The van der Waals surface area contributed by atoms with E-state index in [0.29, 0.717) is 24.6 Å². The van der Waals surface area contributed by atoms with Crippen molar-refractivity contribution in [2.75, 3.05) is 13.2 Å². The molecule has 6 nitrogen and oxygen atoms in total. The van der Waals surface area contributed by atoms with Gasteiger partial charge in [-0.2, -0.15) is 4.98 Å². The zero-order valence-electron chi connectivity index (χ0n) is 10.1. The molecule has 0 unspecified atom stereocenters. The number of hydrogen-bond acceptors (Lipinski definition) is 6. The summed E-state index contributed by atoms with van der Waals surface area (Å²) >= 11 is 0. The van der Waals surface area contributed by atoms with E-state index in [1.165, 1.54) is 6.39 Å². The van der Waals surface area contributed by atoms with E-state index in [4.69, 9.17) is 9.47 Å². The number of aromatic nitrogens is 2. The molecular formula is C13H12N2O4. The summed E-state index contributed by atoms with van der Waals surface area (Å²) in [6.45, 7) is 1.13. The van der Waals surface area contributed by atoms with Crippen LogP contribution in [0.5, 0.6) is 0 Å². The van der Waals surface area contributed by atoms with E-state index < -0.39 is 0 Å². The number of benzene rings is 1. The smallest absolute Gasteiger partial charge is 0.338 e. The van der Waals surface area contributed by atoms with Gasteiger partial charge in [0, 0.05) is 12.0 Å². The van der Waals surface area contributed by atoms with Gasteiger partial charge in [0.2, 0.25) is 12.2 Å². The number of rotatable bonds is 3. The van der Waals surface area contributed by atoms with E-state index in [-0.39, 0.29) is 12.1 Å². The second-order valence-corrected chi connectivity index (χ2v) is 4.22. The third kappa shape index (κ3) is 2.63. The fourth-order valence-electron chi connectivity index (χ4n) is 1.88. The Morgan fingerprint density at radius 2 is 2.16 bits per heavy atom. The highest BCUT2D eigenvalue weighted by atomic mass is 16.6. The average Bonchev–Trinajstić information content (AvgIpc) is 3.12. The Labute approximate surface area is 109 Å². The number of carbonyl (C=O) groups excluding carboxylic acids is 1. The summed E-state index contributed by atoms with van der Waals surface area (Å²) in [5.41, 5.74) is 1.29. The van der Waals surface area contributed by atoms with Crippen LogP contribution in [0.1, 0.15) is 16.8 Å². The van der Waals surface area contributed by atoms with Crippen molar-refractivity contribution in [2.24, 2.45) is 0 Å². The Balaban J connectivity index is 1.69. The van der Waals surface area contributed by atoms with Crippen LogP contribution in [0.4, 0.5) is 0 Å². The third-order valence-corrected chi connectivity index (χ3v) is 2.90. The summed E-state index contributed by atoms with van der Waals surface area (Å²) < 4.78 is 15.1. The molecule has 2 heterocycles. The zero-order valence-corrected chi connectivity index (χ0v) is 10.1. The molecule has 1 fully saturated rings. The van der Waals surface area contributed by atoms with Gasteiger partial charge in [0.25, 0.3) is 0 Å². The molecule has 19 heavy (non-hydrogen) atoms. The van der Waals surface area contributed by atoms with Gasteiger partial charge in [0.05, 0.1) is 18.8 Å². The highest BCUT2D eigenvalue weighted by Gasteiger charge is 2.20. The first-order valence-corrected chi connectivity index (χ1v) is 5.98. The van der Waals surface area contributed by atoms with Crippen molar-refractivity contribution in [3.05, 3.63) is 36.2 Å². The zero-order chi connectivity index (χ0) is 13.1. The van der Waals surface area contributed by atoms with Crippen molar-refractivity contribution in [1.29, 1.82) is 0 Å². The van der Waals surface area contributed by atoms with E-state index in [0.717, 1.165) is 12.0 Å². The number of nitrogens with zero attached hydrogens (tertiary/aromatic N) is 2. The number of hydrogen-bond donors (Lipinski definition) is 0. The van der Waals surface area contributed by atoms with Crippen LogP contribution < -0.4 is 0 Å². The van der Waals surface area contributed by atoms with Crippen LogP contribution in [0, 0.1) is 0 Å². The number of ether oxygens (including phenoxy) is 2. The quantitative estimate of drug-likeness (QED) is 0.782. The largest absolute Gasteiger partial charge is 0.456 e. The fourth-order valence-corrected chi connectivity index (χ4v) is 1.88. The first-order valence-electron chi connectivity index (χ1n) is 5.98. The maximum Gasteiger partial charge on any atom is 0.338 e. The topological polar surface area (TPSA) is 74.5 Å². The molecule has 0 amide bonds. The van der Waals surface area contributed by atoms with E-state index in [2.05, 4.69) is 14.7 Å². The lowest BCUT2D eigenvalue weighted by molar-refractivity contribution is 0.0270. The molecule has 2 aromatic rings. The van der Waals surface area contributed by atoms with Crippen molar-refractivity contribution in [3.8, 4) is 11.4 Å². The van der Waals surface area contributed by atoms with E-state index in [1.807, 2.05) is 0 Å². The lowest BCUT2D eigenvalue weighted by Crippen LogP contribution is -2.17. The lowest BCUT2D eigenvalue weighted by Gasteiger charge is -2.09. The molecule has 1 saturated heterocycles. The normalized spacial score (nSPS) is 18.4. The van der Waals surface area contributed by atoms with Gasteiger partial charge in [-0.3, -0.25) is 0 Å². The average molecular weight is 260 g/mol. The molecule has 98 valence electrons. The summed E-state index contributed by atoms with van der Waals surface area (Å²) in [4.78, 5) is 15.8. The first-order chi connectivity index (χ1) is 9.33. The van der Waals surface area contributed by atoms with Crippen molar-refractivity contribution < 1.29 is 18.8 Å². The van der Waals surface area contributed by atoms with Gasteiger partial charge in [-0.1, -0.05) is 17.3 Å². The van der Waals surface area contributed by atoms with Crippen molar-refractivity contribution in [1.82, 2.24) is 10.1 Å². The van der Waals surface area contributed by atoms with Gasteiger partial charge in [-0.25, -0.2) is 4.79 Å². The van der Waals surface area contributed by atoms with Gasteiger partial charge >= 0.3 is 5.97 Å². The van der Waals surface area contributed by atoms with E-state index >= 15 is 0 Å². The van der Waals surface area contributed by atoms with Crippen molar-refractivity contribution >= 4 is 5.97 Å². The molecule has 1 aromatic heterocycles. The maximum absolute atomic E-state index is 11.9. The van der Waals surface area contributed by atoms with Crippen LogP contribution in [-0.4, -0.2) is 35.4 Å². The summed E-state index contributed by atoms with van der Waals surface area (Å²) in [6, 6.07) is 6.88. The predicted octanol–water partition coefficient (Wildman–Crippen LogP) is 1.68. The minimum Gasteiger partial charge on any atom is -0.456 e. The fraction of sp³-hybridized carbons (Fsp3) is 0.308. The predicted molar refractivity (Wildman–Crippen MR) is 64.4 cm³/mol. The Kier molecular flexibility index (Phi) is 3.24. The highest BCUT2D eigenvalue weighted by molar-refractivity contribution is 5.90. The molecule has 1 aliphatic heterocycles. The van der Waals surface area contributed by atoms with Crippen molar-refractivity contribution in [2.45, 2.75) is 12.5 Å². The minimum atomic E-state index is -0.338. The number of carbonyl (C=O) groups is 1. The second-order valence-electron chi connectivity index (χ2n) is 4.22. The Morgan fingerprint density at radius 3 is 2.79 bits per heavy atom. The molecule has 0 N–H and O–H groups in total. The molecule has 1 aliphatic rings. The third-order valence-electron chi connectivity index (χ3n) is 2.90. The minimum absolute atomic E-state index is 0.135. The second kappa shape index (κ2) is 5.19. The first kappa shape index (κ1) is 11.9. The molecule has 0 aliphatic carbocycles. The van der Waals surface area contributed by atoms with Gasteiger partial charge in [0.1, 0.15) is 6.10 Å². The van der Waals surface area contributed by atoms with Gasteiger partial charge in [-0.05, 0) is 12.1 Å². The molecule has 6 heteroatoms. The van der Waals surface area contributed by atoms with Crippen molar-refractivity contribution in [3.63, 3.8) is 0 Å². The summed E-state index contributed by atoms with van der Waals surface area (Å²) in [6.07, 6.45) is 1.88. The molecule has 3 rings (SSSR count). The molecular weight excluding hydrogens is 248 g/mol. The lowest BCUT2D eigenvalue weighted by atomic mass is 10.1. The monoisotopic (exact) mass is 260 g/mol. The Hall–Kier alpha value is -2.21. The molecule has 1 aromatic carbocycles. The van der Waals surface area contributed by atoms with Crippen LogP contribution in [0.15, 0.2) is 35.2 Å². The SMILES string of the molecule is O=C(O[C@H]1CCOC1)c1ccc(-c2ncon2)cc1. The van der Waals surface area contributed by atoms with Crippen LogP contribution in [0.2, 0.25) is 0 Å². The molecule has 0 bridgehead atoms. The van der Waals surface area contributed by atoms with Crippen LogP contribution in [0.3, 0.4) is 0 Å². The Bertz CT molecular complexity index is 545. The summed E-state index contributed by atoms with van der Waals surface area (Å²) in [7, 11) is 0. The van der Waals surface area contributed by atoms with E-state index in [9.17, 15) is 4.79 Å². The summed E-state index contributed by atoms with van der Waals surface area (Å²) in [5, 5.41) is 3.73. The molecule has 0 spiro atoms. The molecule has 0 radical (unpaired) electrons. The number of esters is 1. The van der Waals surface area contributed by atoms with Crippen LogP contribution in [-0.2, 0) is 9.47 Å². The van der Waals surface area contributed by atoms with Gasteiger partial charge < -0.3 is 14.0 Å². The van der Waals surface area contributed by atoms with E-state index in [1.54, 1.807) is 24.3 Å². The molecule has 0 saturated carbocycles. The van der Waals surface area contributed by atoms with Crippen LogP contribution in [0.25, 0.3) is 11.4 Å². The standard InChI is InChI=1S/C13H12N2O4/c16-13(19-11-5-6-17-7-11)10-3-1-9(2-4-10)12-14-8-18-15-12/h1-4,8,11H,5-7H2/t11-/m0/s1. The van der Waals surface area contributed by atoms with Gasteiger partial charge in [0.15, 0.2) is 0 Å². The van der Waals surface area contributed by atoms with Crippen LogP contribution >= 0.6 is 0 Å². The Morgan fingerprint density at radius 1 is 1.32 bits per heavy atom. The molecule has 1 atom stereocenters. The maximum atomic E-state index is 11.9. The highest BCUT2D eigenvalue weighted by Crippen LogP contribution is 2.17.